The Kier molecular flexibility index (Phi) is 3.65. The second kappa shape index (κ2) is 5.21. The number of anilines is 1. The van der Waals surface area contributed by atoms with Gasteiger partial charge in [0.1, 0.15) is 6.54 Å². The largest absolute Gasteiger partial charge is 0.465 e. The summed E-state index contributed by atoms with van der Waals surface area (Å²) in [5.74, 6) is -0.374. The third-order valence-electron chi connectivity index (χ3n) is 3.16. The van der Waals surface area contributed by atoms with Gasteiger partial charge in [-0.3, -0.25) is 9.59 Å². The minimum absolute atomic E-state index is 0.00310. The number of esters is 1. The van der Waals surface area contributed by atoms with Crippen LogP contribution in [0.15, 0.2) is 18.2 Å². The molecule has 1 aromatic rings. The number of nitrogens with zero attached hydrogens (tertiary/aromatic N) is 1. The van der Waals surface area contributed by atoms with Crippen molar-refractivity contribution in [3.63, 3.8) is 0 Å². The molecule has 0 bridgehead atoms. The van der Waals surface area contributed by atoms with Crippen molar-refractivity contribution < 1.29 is 14.3 Å². The zero-order chi connectivity index (χ0) is 13.1. The van der Waals surface area contributed by atoms with Gasteiger partial charge in [-0.25, -0.2) is 0 Å². The highest BCUT2D eigenvalue weighted by molar-refractivity contribution is 6.00. The van der Waals surface area contributed by atoms with Gasteiger partial charge in [-0.2, -0.15) is 0 Å². The lowest BCUT2D eigenvalue weighted by Gasteiger charge is -2.29. The van der Waals surface area contributed by atoms with Crippen molar-refractivity contribution in [3.8, 4) is 0 Å². The summed E-state index contributed by atoms with van der Waals surface area (Å²) in [7, 11) is 0. The molecular weight excluding hydrogens is 230 g/mol. The van der Waals surface area contributed by atoms with Crippen LogP contribution in [0, 0.1) is 6.92 Å². The first-order valence-electron chi connectivity index (χ1n) is 6.18. The standard InChI is InChI=1S/C14H17NO3/c1-3-18-14(17)9-15-12-6-4-5-10(2)11(12)7-8-13(15)16/h4-6H,3,7-9H2,1-2H3. The van der Waals surface area contributed by atoms with Crippen LogP contribution in [0.2, 0.25) is 0 Å². The van der Waals surface area contributed by atoms with E-state index in [0.717, 1.165) is 23.2 Å². The van der Waals surface area contributed by atoms with Gasteiger partial charge in [0.15, 0.2) is 0 Å². The Hall–Kier alpha value is -1.84. The van der Waals surface area contributed by atoms with E-state index in [9.17, 15) is 9.59 Å². The summed E-state index contributed by atoms with van der Waals surface area (Å²) in [5.41, 5.74) is 3.16. The van der Waals surface area contributed by atoms with Crippen LogP contribution in [0.3, 0.4) is 0 Å². The molecule has 1 heterocycles. The van der Waals surface area contributed by atoms with Gasteiger partial charge in [-0.1, -0.05) is 12.1 Å². The topological polar surface area (TPSA) is 46.6 Å². The fourth-order valence-electron chi connectivity index (χ4n) is 2.28. The minimum atomic E-state index is -0.361. The van der Waals surface area contributed by atoms with Crippen molar-refractivity contribution in [2.75, 3.05) is 18.1 Å². The summed E-state index contributed by atoms with van der Waals surface area (Å²) in [6.45, 7) is 4.12. The minimum Gasteiger partial charge on any atom is -0.465 e. The highest BCUT2D eigenvalue weighted by Crippen LogP contribution is 2.29. The number of carbonyl (C=O) groups excluding carboxylic acids is 2. The van der Waals surface area contributed by atoms with Gasteiger partial charge in [0.25, 0.3) is 0 Å². The van der Waals surface area contributed by atoms with E-state index in [1.807, 2.05) is 25.1 Å². The second-order valence-corrected chi connectivity index (χ2v) is 4.36. The number of carbonyl (C=O) groups is 2. The highest BCUT2D eigenvalue weighted by atomic mass is 16.5. The number of benzene rings is 1. The third-order valence-corrected chi connectivity index (χ3v) is 3.16. The van der Waals surface area contributed by atoms with Crippen LogP contribution in [0.1, 0.15) is 24.5 Å². The number of rotatable bonds is 3. The monoisotopic (exact) mass is 247 g/mol. The molecule has 1 aromatic carbocycles. The van der Waals surface area contributed by atoms with Gasteiger partial charge in [-0.05, 0) is 37.5 Å². The van der Waals surface area contributed by atoms with Crippen LogP contribution < -0.4 is 4.90 Å². The van der Waals surface area contributed by atoms with Crippen LogP contribution in [-0.4, -0.2) is 25.0 Å². The first-order chi connectivity index (χ1) is 8.63. The Balaban J connectivity index is 2.28. The zero-order valence-corrected chi connectivity index (χ0v) is 10.7. The van der Waals surface area contributed by atoms with Crippen LogP contribution in [0.4, 0.5) is 5.69 Å². The average Bonchev–Trinajstić information content (AvgIpc) is 2.33. The Morgan fingerprint density at radius 3 is 2.89 bits per heavy atom. The predicted molar refractivity (Wildman–Crippen MR) is 68.5 cm³/mol. The van der Waals surface area contributed by atoms with Crippen LogP contribution in [-0.2, 0) is 20.7 Å². The summed E-state index contributed by atoms with van der Waals surface area (Å²) < 4.78 is 4.91. The molecule has 0 spiro atoms. The Labute approximate surface area is 107 Å². The lowest BCUT2D eigenvalue weighted by atomic mass is 9.97. The van der Waals surface area contributed by atoms with Crippen molar-refractivity contribution in [3.05, 3.63) is 29.3 Å². The molecule has 0 unspecified atom stereocenters. The third kappa shape index (κ3) is 2.37. The molecule has 1 aliphatic heterocycles. The van der Waals surface area contributed by atoms with E-state index < -0.39 is 0 Å². The average molecular weight is 247 g/mol. The highest BCUT2D eigenvalue weighted by Gasteiger charge is 2.26. The van der Waals surface area contributed by atoms with E-state index in [4.69, 9.17) is 4.74 Å². The SMILES string of the molecule is CCOC(=O)CN1C(=O)CCc2c(C)cccc21. The number of fused-ring (bicyclic) bond motifs is 1. The van der Waals surface area contributed by atoms with E-state index in [1.54, 1.807) is 6.92 Å². The lowest BCUT2D eigenvalue weighted by Crippen LogP contribution is -2.39. The second-order valence-electron chi connectivity index (χ2n) is 4.36. The number of hydrogen-bond donors (Lipinski definition) is 0. The summed E-state index contributed by atoms with van der Waals surface area (Å²) >= 11 is 0. The Morgan fingerprint density at radius 2 is 2.17 bits per heavy atom. The van der Waals surface area contributed by atoms with Crippen molar-refractivity contribution in [1.82, 2.24) is 0 Å². The maximum Gasteiger partial charge on any atom is 0.326 e. The van der Waals surface area contributed by atoms with Crippen molar-refractivity contribution in [2.45, 2.75) is 26.7 Å². The summed E-state index contributed by atoms with van der Waals surface area (Å²) in [4.78, 5) is 25.0. The molecule has 96 valence electrons. The zero-order valence-electron chi connectivity index (χ0n) is 10.7. The quantitative estimate of drug-likeness (QED) is 0.766. The summed E-state index contributed by atoms with van der Waals surface area (Å²) in [6, 6.07) is 5.82. The summed E-state index contributed by atoms with van der Waals surface area (Å²) in [6.07, 6.45) is 1.21. The lowest BCUT2D eigenvalue weighted by molar-refractivity contribution is -0.142. The van der Waals surface area contributed by atoms with E-state index in [0.29, 0.717) is 13.0 Å². The van der Waals surface area contributed by atoms with Gasteiger partial charge >= 0.3 is 5.97 Å². The van der Waals surface area contributed by atoms with E-state index in [2.05, 4.69) is 0 Å². The molecule has 18 heavy (non-hydrogen) atoms. The summed E-state index contributed by atoms with van der Waals surface area (Å²) in [5, 5.41) is 0. The van der Waals surface area contributed by atoms with Crippen molar-refractivity contribution in [2.24, 2.45) is 0 Å². The van der Waals surface area contributed by atoms with Crippen molar-refractivity contribution in [1.29, 1.82) is 0 Å². The molecule has 2 rings (SSSR count). The molecule has 0 aliphatic carbocycles. The molecule has 4 nitrogen and oxygen atoms in total. The molecule has 1 aliphatic rings. The molecule has 0 aromatic heterocycles. The molecule has 0 radical (unpaired) electrons. The van der Waals surface area contributed by atoms with Crippen molar-refractivity contribution >= 4 is 17.6 Å². The number of aryl methyl sites for hydroxylation is 1. The molecule has 0 N–H and O–H groups in total. The Bertz CT molecular complexity index is 482. The maximum absolute atomic E-state index is 11.9. The molecule has 1 amide bonds. The number of hydrogen-bond acceptors (Lipinski definition) is 3. The van der Waals surface area contributed by atoms with Crippen LogP contribution in [0.25, 0.3) is 0 Å². The van der Waals surface area contributed by atoms with Gasteiger partial charge in [0.2, 0.25) is 5.91 Å². The molecule has 0 fully saturated rings. The fourth-order valence-corrected chi connectivity index (χ4v) is 2.28. The van der Waals surface area contributed by atoms with Gasteiger partial charge in [0.05, 0.1) is 6.61 Å². The van der Waals surface area contributed by atoms with Gasteiger partial charge < -0.3 is 9.64 Å². The first-order valence-corrected chi connectivity index (χ1v) is 6.18. The molecule has 0 saturated heterocycles. The van der Waals surface area contributed by atoms with Crippen LogP contribution in [0.5, 0.6) is 0 Å². The molecular formula is C14H17NO3. The van der Waals surface area contributed by atoms with Gasteiger partial charge in [0, 0.05) is 12.1 Å². The van der Waals surface area contributed by atoms with Crippen LogP contribution >= 0.6 is 0 Å². The number of amides is 1. The van der Waals surface area contributed by atoms with E-state index in [1.165, 1.54) is 4.90 Å². The number of ether oxygens (including phenoxy) is 1. The fraction of sp³-hybridized carbons (Fsp3) is 0.429. The maximum atomic E-state index is 11.9. The molecule has 0 atom stereocenters. The molecule has 4 heteroatoms. The smallest absolute Gasteiger partial charge is 0.326 e. The predicted octanol–water partition coefficient (Wildman–Crippen LogP) is 1.84. The first kappa shape index (κ1) is 12.6. The van der Waals surface area contributed by atoms with E-state index >= 15 is 0 Å². The van der Waals surface area contributed by atoms with Gasteiger partial charge in [-0.15, -0.1) is 0 Å². The molecule has 0 saturated carbocycles. The van der Waals surface area contributed by atoms with E-state index in [-0.39, 0.29) is 18.4 Å². The normalized spacial score (nSPS) is 14.3. The Morgan fingerprint density at radius 1 is 1.39 bits per heavy atom.